The number of hydrogen-bond donors (Lipinski definition) is 0. The Bertz CT molecular complexity index is 476. The monoisotopic (exact) mass is 221 g/mol. The maximum atomic E-state index is 5.66. The lowest BCUT2D eigenvalue weighted by atomic mass is 10.0. The molecule has 0 unspecified atom stereocenters. The van der Waals surface area contributed by atoms with E-state index in [9.17, 15) is 0 Å². The van der Waals surface area contributed by atoms with Gasteiger partial charge in [0.15, 0.2) is 5.76 Å². The van der Waals surface area contributed by atoms with E-state index in [4.69, 9.17) is 16.1 Å². The van der Waals surface area contributed by atoms with Crippen LogP contribution in [0.3, 0.4) is 0 Å². The molecule has 0 aliphatic rings. The first kappa shape index (κ1) is 10.2. The highest BCUT2D eigenvalue weighted by Gasteiger charge is 2.06. The number of rotatable bonds is 2. The smallest absolute Gasteiger partial charge is 0.167 e. The lowest BCUT2D eigenvalue weighted by Gasteiger charge is -2.01. The highest BCUT2D eigenvalue weighted by atomic mass is 35.5. The van der Waals surface area contributed by atoms with E-state index in [1.165, 1.54) is 11.1 Å². The lowest BCUT2D eigenvalue weighted by Crippen LogP contribution is -1.81. The van der Waals surface area contributed by atoms with Gasteiger partial charge in [0.25, 0.3) is 0 Å². The molecule has 0 aliphatic heterocycles. The van der Waals surface area contributed by atoms with Crippen LogP contribution < -0.4 is 0 Å². The van der Waals surface area contributed by atoms with Crippen molar-refractivity contribution in [1.82, 2.24) is 5.16 Å². The second-order valence-electron chi connectivity index (χ2n) is 3.62. The molecule has 78 valence electrons. The maximum absolute atomic E-state index is 5.66. The zero-order valence-electron chi connectivity index (χ0n) is 8.75. The van der Waals surface area contributed by atoms with Crippen molar-refractivity contribution in [1.29, 1.82) is 0 Å². The SMILES string of the molecule is Cc1ccc(-c2cc(CCl)no2)cc1C. The van der Waals surface area contributed by atoms with Crippen molar-refractivity contribution in [3.63, 3.8) is 0 Å². The molecule has 1 aromatic carbocycles. The first-order valence-corrected chi connectivity index (χ1v) is 5.33. The number of halogens is 1. The summed E-state index contributed by atoms with van der Waals surface area (Å²) in [5.41, 5.74) is 4.33. The number of hydrogen-bond acceptors (Lipinski definition) is 2. The summed E-state index contributed by atoms with van der Waals surface area (Å²) in [5.74, 6) is 1.16. The van der Waals surface area contributed by atoms with Crippen molar-refractivity contribution in [2.75, 3.05) is 0 Å². The van der Waals surface area contributed by atoms with Crippen LogP contribution in [0.25, 0.3) is 11.3 Å². The Balaban J connectivity index is 2.40. The van der Waals surface area contributed by atoms with Crippen molar-refractivity contribution in [2.24, 2.45) is 0 Å². The molecular formula is C12H12ClNO. The van der Waals surface area contributed by atoms with Gasteiger partial charge in [-0.05, 0) is 31.0 Å². The minimum Gasteiger partial charge on any atom is -0.356 e. The summed E-state index contributed by atoms with van der Waals surface area (Å²) in [6.45, 7) is 4.17. The zero-order chi connectivity index (χ0) is 10.8. The summed E-state index contributed by atoms with van der Waals surface area (Å²) in [6.07, 6.45) is 0. The standard InChI is InChI=1S/C12H12ClNO/c1-8-3-4-10(5-9(8)2)12-6-11(7-13)14-15-12/h3-6H,7H2,1-2H3. The van der Waals surface area contributed by atoms with Crippen LogP contribution in [0, 0.1) is 13.8 Å². The van der Waals surface area contributed by atoms with Gasteiger partial charge in [-0.15, -0.1) is 11.6 Å². The quantitative estimate of drug-likeness (QED) is 0.723. The zero-order valence-corrected chi connectivity index (χ0v) is 9.51. The van der Waals surface area contributed by atoms with Crippen LogP contribution in [0.2, 0.25) is 0 Å². The minimum atomic E-state index is 0.383. The fraction of sp³-hybridized carbons (Fsp3) is 0.250. The van der Waals surface area contributed by atoms with Gasteiger partial charge in [-0.25, -0.2) is 0 Å². The number of nitrogens with zero attached hydrogens (tertiary/aromatic N) is 1. The predicted octanol–water partition coefficient (Wildman–Crippen LogP) is 3.70. The first-order valence-electron chi connectivity index (χ1n) is 4.80. The molecule has 0 saturated heterocycles. The van der Waals surface area contributed by atoms with Gasteiger partial charge in [0.05, 0.1) is 11.6 Å². The topological polar surface area (TPSA) is 26.0 Å². The van der Waals surface area contributed by atoms with Gasteiger partial charge in [0, 0.05) is 11.6 Å². The fourth-order valence-corrected chi connectivity index (χ4v) is 1.53. The van der Waals surface area contributed by atoms with E-state index in [-0.39, 0.29) is 0 Å². The van der Waals surface area contributed by atoms with Crippen LogP contribution in [0.5, 0.6) is 0 Å². The van der Waals surface area contributed by atoms with E-state index in [1.807, 2.05) is 12.1 Å². The van der Waals surface area contributed by atoms with Crippen molar-refractivity contribution < 1.29 is 4.52 Å². The number of alkyl halides is 1. The summed E-state index contributed by atoms with van der Waals surface area (Å²) in [4.78, 5) is 0. The lowest BCUT2D eigenvalue weighted by molar-refractivity contribution is 0.426. The molecule has 0 bridgehead atoms. The molecule has 0 atom stereocenters. The van der Waals surface area contributed by atoms with Gasteiger partial charge in [0.2, 0.25) is 0 Å². The second-order valence-corrected chi connectivity index (χ2v) is 3.88. The molecule has 2 aromatic rings. The Hall–Kier alpha value is -1.28. The van der Waals surface area contributed by atoms with Crippen molar-refractivity contribution >= 4 is 11.6 Å². The van der Waals surface area contributed by atoms with Crippen LogP contribution in [-0.2, 0) is 5.88 Å². The molecule has 2 rings (SSSR count). The highest BCUT2D eigenvalue weighted by Crippen LogP contribution is 2.23. The van der Waals surface area contributed by atoms with Crippen molar-refractivity contribution in [3.8, 4) is 11.3 Å². The van der Waals surface area contributed by atoms with Crippen LogP contribution in [0.15, 0.2) is 28.8 Å². The summed E-state index contributed by atoms with van der Waals surface area (Å²) < 4.78 is 5.20. The molecule has 3 heteroatoms. The maximum Gasteiger partial charge on any atom is 0.167 e. The summed E-state index contributed by atoms with van der Waals surface area (Å²) in [6, 6.07) is 8.07. The molecule has 2 nitrogen and oxygen atoms in total. The Kier molecular flexibility index (Phi) is 2.78. The van der Waals surface area contributed by atoms with Gasteiger partial charge >= 0.3 is 0 Å². The Morgan fingerprint density at radius 3 is 2.60 bits per heavy atom. The average Bonchev–Trinajstić information content (AvgIpc) is 2.70. The van der Waals surface area contributed by atoms with Crippen LogP contribution in [0.4, 0.5) is 0 Å². The molecule has 0 saturated carbocycles. The third-order valence-electron chi connectivity index (χ3n) is 2.49. The van der Waals surface area contributed by atoms with Gasteiger partial charge in [-0.1, -0.05) is 17.3 Å². The number of aryl methyl sites for hydroxylation is 2. The molecule has 0 spiro atoms. The van der Waals surface area contributed by atoms with Gasteiger partial charge in [-0.3, -0.25) is 0 Å². The Labute approximate surface area is 93.9 Å². The predicted molar refractivity (Wildman–Crippen MR) is 61.0 cm³/mol. The fourth-order valence-electron chi connectivity index (χ4n) is 1.41. The van der Waals surface area contributed by atoms with E-state index in [1.54, 1.807) is 0 Å². The molecule has 1 heterocycles. The normalized spacial score (nSPS) is 10.6. The molecule has 15 heavy (non-hydrogen) atoms. The molecule has 0 N–H and O–H groups in total. The van der Waals surface area contributed by atoms with Crippen LogP contribution in [-0.4, -0.2) is 5.16 Å². The third-order valence-corrected chi connectivity index (χ3v) is 2.76. The molecule has 1 aromatic heterocycles. The van der Waals surface area contributed by atoms with Gasteiger partial charge in [0.1, 0.15) is 0 Å². The van der Waals surface area contributed by atoms with E-state index in [2.05, 4.69) is 31.1 Å². The summed E-state index contributed by atoms with van der Waals surface area (Å²) in [7, 11) is 0. The Morgan fingerprint density at radius 2 is 2.00 bits per heavy atom. The van der Waals surface area contributed by atoms with Gasteiger partial charge < -0.3 is 4.52 Å². The minimum absolute atomic E-state index is 0.383. The van der Waals surface area contributed by atoms with Crippen molar-refractivity contribution in [3.05, 3.63) is 41.1 Å². The highest BCUT2D eigenvalue weighted by molar-refractivity contribution is 6.16. The number of aromatic nitrogens is 1. The third kappa shape index (κ3) is 2.05. The molecular weight excluding hydrogens is 210 g/mol. The molecule has 0 amide bonds. The Morgan fingerprint density at radius 1 is 1.20 bits per heavy atom. The van der Waals surface area contributed by atoms with E-state index in [0.717, 1.165) is 17.0 Å². The van der Waals surface area contributed by atoms with E-state index in [0.29, 0.717) is 5.88 Å². The van der Waals surface area contributed by atoms with Crippen LogP contribution in [0.1, 0.15) is 16.8 Å². The number of benzene rings is 1. The first-order chi connectivity index (χ1) is 7.20. The van der Waals surface area contributed by atoms with Gasteiger partial charge in [-0.2, -0.15) is 0 Å². The second kappa shape index (κ2) is 4.07. The largest absolute Gasteiger partial charge is 0.356 e. The molecule has 0 aliphatic carbocycles. The van der Waals surface area contributed by atoms with E-state index >= 15 is 0 Å². The molecule has 0 radical (unpaired) electrons. The summed E-state index contributed by atoms with van der Waals surface area (Å²) in [5, 5.41) is 3.86. The molecule has 0 fully saturated rings. The van der Waals surface area contributed by atoms with E-state index < -0.39 is 0 Å². The van der Waals surface area contributed by atoms with Crippen molar-refractivity contribution in [2.45, 2.75) is 19.7 Å². The summed E-state index contributed by atoms with van der Waals surface area (Å²) >= 11 is 5.66. The van der Waals surface area contributed by atoms with Crippen LogP contribution >= 0.6 is 11.6 Å². The average molecular weight is 222 g/mol.